The average Bonchev–Trinajstić information content (AvgIpc) is 3.21. The minimum Gasteiger partial charge on any atom is -0.342 e. The second-order valence-electron chi connectivity index (χ2n) is 6.76. The molecule has 166 valence electrons. The van der Waals surface area contributed by atoms with E-state index in [0.717, 1.165) is 11.8 Å². The first kappa shape index (κ1) is 22.9. The molecule has 1 heterocycles. The van der Waals surface area contributed by atoms with Crippen LogP contribution in [-0.4, -0.2) is 37.3 Å². The molecule has 11 heteroatoms. The lowest BCUT2D eigenvalue weighted by Crippen LogP contribution is -2.28. The molecule has 0 bridgehead atoms. The van der Waals surface area contributed by atoms with E-state index in [1.807, 2.05) is 24.5 Å². The lowest BCUT2D eigenvalue weighted by atomic mass is 10.2. The van der Waals surface area contributed by atoms with E-state index in [4.69, 9.17) is 0 Å². The molecule has 0 radical (unpaired) electrons. The number of amides is 2. The predicted octanol–water partition coefficient (Wildman–Crippen LogP) is 3.43. The largest absolute Gasteiger partial charge is 0.342 e. The van der Waals surface area contributed by atoms with E-state index in [1.54, 1.807) is 30.3 Å². The zero-order valence-corrected chi connectivity index (χ0v) is 18.3. The van der Waals surface area contributed by atoms with E-state index in [0.29, 0.717) is 23.1 Å². The number of hydrogen-bond acceptors (Lipinski definition) is 7. The monoisotopic (exact) mass is 454 g/mol. The van der Waals surface area contributed by atoms with Gasteiger partial charge in [0.25, 0.3) is 11.6 Å². The normalized spacial score (nSPS) is 11.6. The molecule has 2 N–H and O–H groups in total. The van der Waals surface area contributed by atoms with Crippen molar-refractivity contribution >= 4 is 35.0 Å². The van der Waals surface area contributed by atoms with Crippen LogP contribution in [0.2, 0.25) is 0 Å². The molecule has 0 aliphatic heterocycles. The highest BCUT2D eigenvalue weighted by Gasteiger charge is 2.21. The van der Waals surface area contributed by atoms with Crippen molar-refractivity contribution < 1.29 is 14.5 Å². The van der Waals surface area contributed by atoms with Crippen molar-refractivity contribution in [3.8, 4) is 0 Å². The van der Waals surface area contributed by atoms with Crippen LogP contribution in [0.1, 0.15) is 36.1 Å². The topological polar surface area (TPSA) is 132 Å². The lowest BCUT2D eigenvalue weighted by molar-refractivity contribution is -0.383. The van der Waals surface area contributed by atoms with Gasteiger partial charge in [-0.2, -0.15) is 0 Å². The maximum atomic E-state index is 12.4. The molecule has 1 aromatic heterocycles. The number of carbonyl (C=O) groups excluding carboxylic acids is 2. The summed E-state index contributed by atoms with van der Waals surface area (Å²) >= 11 is 1.16. The van der Waals surface area contributed by atoms with Crippen LogP contribution in [0.15, 0.2) is 59.8 Å². The second-order valence-corrected chi connectivity index (χ2v) is 7.70. The molecule has 10 nitrogen and oxygen atoms in total. The van der Waals surface area contributed by atoms with Crippen molar-refractivity contribution in [2.24, 2.45) is 0 Å². The number of hydrogen-bond donors (Lipinski definition) is 2. The summed E-state index contributed by atoms with van der Waals surface area (Å²) in [4.78, 5) is 35.3. The number of nitro groups is 1. The fraction of sp³-hybridized carbons (Fsp3) is 0.238. The van der Waals surface area contributed by atoms with Gasteiger partial charge >= 0.3 is 0 Å². The molecule has 3 aromatic rings. The Bertz CT molecular complexity index is 1120. The number of nitro benzene ring substituents is 1. The van der Waals surface area contributed by atoms with Crippen molar-refractivity contribution in [1.29, 1.82) is 0 Å². The van der Waals surface area contributed by atoms with Gasteiger partial charge in [-0.05, 0) is 32.0 Å². The maximum Gasteiger partial charge on any atom is 0.292 e. The second kappa shape index (κ2) is 10.5. The zero-order chi connectivity index (χ0) is 23.1. The summed E-state index contributed by atoms with van der Waals surface area (Å²) in [6.45, 7) is 4.27. The Balaban J connectivity index is 1.64. The van der Waals surface area contributed by atoms with Crippen LogP contribution in [-0.2, 0) is 11.3 Å². The zero-order valence-electron chi connectivity index (χ0n) is 17.5. The highest BCUT2D eigenvalue weighted by molar-refractivity contribution is 7.99. The van der Waals surface area contributed by atoms with Gasteiger partial charge in [-0.25, -0.2) is 0 Å². The Morgan fingerprint density at radius 3 is 2.50 bits per heavy atom. The van der Waals surface area contributed by atoms with Crippen molar-refractivity contribution in [1.82, 2.24) is 20.1 Å². The Morgan fingerprint density at radius 2 is 1.81 bits per heavy atom. The van der Waals surface area contributed by atoms with Gasteiger partial charge in [0.15, 0.2) is 11.0 Å². The van der Waals surface area contributed by atoms with Crippen molar-refractivity contribution in [3.63, 3.8) is 0 Å². The Labute approximate surface area is 188 Å². The molecule has 1 atom stereocenters. The third kappa shape index (κ3) is 5.49. The van der Waals surface area contributed by atoms with Crippen LogP contribution in [0.3, 0.4) is 0 Å². The van der Waals surface area contributed by atoms with E-state index in [9.17, 15) is 19.7 Å². The number of rotatable bonds is 9. The van der Waals surface area contributed by atoms with Gasteiger partial charge < -0.3 is 15.2 Å². The van der Waals surface area contributed by atoms with Gasteiger partial charge in [-0.3, -0.25) is 19.7 Å². The molecular weight excluding hydrogens is 432 g/mol. The van der Waals surface area contributed by atoms with Gasteiger partial charge in [-0.1, -0.05) is 42.1 Å². The van der Waals surface area contributed by atoms with Crippen LogP contribution in [0.25, 0.3) is 0 Å². The lowest BCUT2D eigenvalue weighted by Gasteiger charge is -2.15. The van der Waals surface area contributed by atoms with Crippen LogP contribution >= 0.6 is 11.8 Å². The van der Waals surface area contributed by atoms with Gasteiger partial charge in [0, 0.05) is 18.2 Å². The Kier molecular flexibility index (Phi) is 7.55. The molecule has 3 rings (SSSR count). The summed E-state index contributed by atoms with van der Waals surface area (Å²) in [6.07, 6.45) is 0. The molecule has 0 saturated heterocycles. The SMILES string of the molecule is CCn1c(SCC(=O)Nc2ccccc2[N+](=O)[O-])nnc1[C@@H](C)NC(=O)c1ccccc1. The number of nitrogens with zero attached hydrogens (tertiary/aromatic N) is 4. The minimum atomic E-state index is -0.548. The van der Waals surface area contributed by atoms with Crippen molar-refractivity contribution in [2.75, 3.05) is 11.1 Å². The predicted molar refractivity (Wildman–Crippen MR) is 120 cm³/mol. The number of thioether (sulfide) groups is 1. The Hall–Kier alpha value is -3.73. The van der Waals surface area contributed by atoms with E-state index >= 15 is 0 Å². The van der Waals surface area contributed by atoms with Crippen LogP contribution in [0.4, 0.5) is 11.4 Å². The quantitative estimate of drug-likeness (QED) is 0.288. The number of carbonyl (C=O) groups is 2. The number of benzene rings is 2. The van der Waals surface area contributed by atoms with E-state index in [-0.39, 0.29) is 23.0 Å². The first-order valence-corrected chi connectivity index (χ1v) is 10.8. The fourth-order valence-electron chi connectivity index (χ4n) is 3.01. The summed E-state index contributed by atoms with van der Waals surface area (Å²) in [6, 6.07) is 14.4. The van der Waals surface area contributed by atoms with E-state index in [2.05, 4.69) is 20.8 Å². The van der Waals surface area contributed by atoms with E-state index in [1.165, 1.54) is 18.2 Å². The first-order valence-electron chi connectivity index (χ1n) is 9.85. The fourth-order valence-corrected chi connectivity index (χ4v) is 3.82. The number of aromatic nitrogens is 3. The van der Waals surface area contributed by atoms with Crippen LogP contribution < -0.4 is 10.6 Å². The van der Waals surface area contributed by atoms with Crippen LogP contribution in [0.5, 0.6) is 0 Å². The molecule has 0 spiro atoms. The highest BCUT2D eigenvalue weighted by Crippen LogP contribution is 2.25. The average molecular weight is 455 g/mol. The molecule has 0 unspecified atom stereocenters. The number of anilines is 1. The number of para-hydroxylation sites is 2. The highest BCUT2D eigenvalue weighted by atomic mass is 32.2. The first-order chi connectivity index (χ1) is 15.4. The van der Waals surface area contributed by atoms with Gasteiger partial charge in [0.2, 0.25) is 5.91 Å². The molecule has 0 aliphatic carbocycles. The van der Waals surface area contributed by atoms with Gasteiger partial charge in [-0.15, -0.1) is 10.2 Å². The summed E-state index contributed by atoms with van der Waals surface area (Å²) < 4.78 is 1.82. The molecule has 2 amide bonds. The third-order valence-electron chi connectivity index (χ3n) is 4.54. The smallest absolute Gasteiger partial charge is 0.292 e. The van der Waals surface area contributed by atoms with Crippen LogP contribution in [0, 0.1) is 10.1 Å². The minimum absolute atomic E-state index is 0.00502. The van der Waals surface area contributed by atoms with Crippen molar-refractivity contribution in [3.05, 3.63) is 76.1 Å². The maximum absolute atomic E-state index is 12.4. The van der Waals surface area contributed by atoms with Gasteiger partial charge in [0.05, 0.1) is 16.7 Å². The summed E-state index contributed by atoms with van der Waals surface area (Å²) in [5.41, 5.74) is 0.508. The van der Waals surface area contributed by atoms with Gasteiger partial charge in [0.1, 0.15) is 5.69 Å². The van der Waals surface area contributed by atoms with Crippen molar-refractivity contribution in [2.45, 2.75) is 31.6 Å². The molecular formula is C21H22N6O4S. The third-order valence-corrected chi connectivity index (χ3v) is 5.51. The Morgan fingerprint density at radius 1 is 1.12 bits per heavy atom. The molecule has 0 aliphatic rings. The summed E-state index contributed by atoms with van der Waals surface area (Å²) in [5.74, 6) is -0.0586. The standard InChI is InChI=1S/C21H22N6O4S/c1-3-26-19(14(2)22-20(29)15-9-5-4-6-10-15)24-25-21(26)32-13-18(28)23-16-11-7-8-12-17(16)27(30)31/h4-12,14H,3,13H2,1-2H3,(H,22,29)(H,23,28)/t14-/m1/s1. The molecule has 0 fully saturated rings. The number of nitrogens with one attached hydrogen (secondary N) is 2. The summed E-state index contributed by atoms with van der Waals surface area (Å²) in [5, 5.41) is 25.4. The summed E-state index contributed by atoms with van der Waals surface area (Å²) in [7, 11) is 0. The molecule has 0 saturated carbocycles. The molecule has 2 aromatic carbocycles. The van der Waals surface area contributed by atoms with E-state index < -0.39 is 16.9 Å². The molecule has 32 heavy (non-hydrogen) atoms.